The second-order valence-corrected chi connectivity index (χ2v) is 5.92. The van der Waals surface area contributed by atoms with Gasteiger partial charge in [-0.1, -0.05) is 18.2 Å². The highest BCUT2D eigenvalue weighted by Gasteiger charge is 2.34. The number of aliphatic hydroxyl groups excluding tert-OH is 1. The average molecular weight is 290 g/mol. The minimum Gasteiger partial charge on any atom is -0.394 e. The van der Waals surface area contributed by atoms with Gasteiger partial charge in [0, 0.05) is 18.8 Å². The molecule has 5 nitrogen and oxygen atoms in total. The molecule has 0 bridgehead atoms. The van der Waals surface area contributed by atoms with Gasteiger partial charge in [0.2, 0.25) is 5.91 Å². The van der Waals surface area contributed by atoms with E-state index in [2.05, 4.69) is 17.4 Å². The minimum absolute atomic E-state index is 0.0394. The molecule has 0 aliphatic carbocycles. The summed E-state index contributed by atoms with van der Waals surface area (Å²) in [6.07, 6.45) is 0.518. The monoisotopic (exact) mass is 290 g/mol. The van der Waals surface area contributed by atoms with Gasteiger partial charge in [-0.15, -0.1) is 0 Å². The Kier molecular flexibility index (Phi) is 4.12. The Balaban J connectivity index is 1.71. The molecule has 0 radical (unpaired) electrons. The number of rotatable bonds is 2. The first-order valence-corrected chi connectivity index (χ1v) is 7.53. The molecule has 1 saturated heterocycles. The smallest absolute Gasteiger partial charge is 0.228 e. The van der Waals surface area contributed by atoms with E-state index >= 15 is 0 Å². The number of ether oxygens (including phenoxy) is 1. The first-order chi connectivity index (χ1) is 10.2. The van der Waals surface area contributed by atoms with Crippen LogP contribution in [0.5, 0.6) is 0 Å². The Hall–Kier alpha value is -1.59. The number of hydrogen-bond donors (Lipinski definition) is 2. The second kappa shape index (κ2) is 6.03. The number of hydrogen-bond acceptors (Lipinski definition) is 4. The van der Waals surface area contributed by atoms with Crippen molar-refractivity contribution in [3.8, 4) is 0 Å². The fourth-order valence-corrected chi connectivity index (χ4v) is 3.09. The quantitative estimate of drug-likeness (QED) is 0.849. The lowest BCUT2D eigenvalue weighted by molar-refractivity contribution is -0.150. The summed E-state index contributed by atoms with van der Waals surface area (Å²) in [7, 11) is 0. The number of morpholine rings is 1. The predicted molar refractivity (Wildman–Crippen MR) is 80.1 cm³/mol. The molecule has 1 amide bonds. The largest absolute Gasteiger partial charge is 0.394 e. The number of anilines is 1. The zero-order chi connectivity index (χ0) is 14.8. The van der Waals surface area contributed by atoms with Gasteiger partial charge >= 0.3 is 0 Å². The number of para-hydroxylation sites is 1. The van der Waals surface area contributed by atoms with Crippen molar-refractivity contribution >= 4 is 11.6 Å². The van der Waals surface area contributed by atoms with Crippen molar-refractivity contribution in [3.63, 3.8) is 0 Å². The van der Waals surface area contributed by atoms with Gasteiger partial charge in [0.15, 0.2) is 0 Å². The Morgan fingerprint density at radius 1 is 1.48 bits per heavy atom. The molecule has 114 valence electrons. The standard InChI is InChI=1S/C16H22N2O3/c1-11-10-21-14(9-19)8-18(11)16(20)13-6-12-4-2-3-5-15(12)17-7-13/h2-5,11,13-14,17,19H,6-10H2,1H3. The van der Waals surface area contributed by atoms with Crippen molar-refractivity contribution in [3.05, 3.63) is 29.8 Å². The van der Waals surface area contributed by atoms with Gasteiger partial charge in [-0.2, -0.15) is 0 Å². The van der Waals surface area contributed by atoms with Gasteiger partial charge in [0.25, 0.3) is 0 Å². The maximum Gasteiger partial charge on any atom is 0.228 e. The highest BCUT2D eigenvalue weighted by molar-refractivity contribution is 5.81. The number of aliphatic hydroxyl groups is 1. The van der Waals surface area contributed by atoms with Crippen LogP contribution in [-0.2, 0) is 16.0 Å². The van der Waals surface area contributed by atoms with Gasteiger partial charge in [-0.3, -0.25) is 4.79 Å². The van der Waals surface area contributed by atoms with Crippen LogP contribution in [0, 0.1) is 5.92 Å². The molecular formula is C16H22N2O3. The fraction of sp³-hybridized carbons (Fsp3) is 0.562. The Bertz CT molecular complexity index is 520. The molecule has 3 unspecified atom stereocenters. The van der Waals surface area contributed by atoms with Crippen molar-refractivity contribution < 1.29 is 14.6 Å². The highest BCUT2D eigenvalue weighted by Crippen LogP contribution is 2.26. The van der Waals surface area contributed by atoms with Gasteiger partial charge in [-0.25, -0.2) is 0 Å². The van der Waals surface area contributed by atoms with E-state index in [9.17, 15) is 9.90 Å². The van der Waals surface area contributed by atoms with E-state index in [1.54, 1.807) is 0 Å². The molecule has 2 aliphatic heterocycles. The first kappa shape index (κ1) is 14.4. The lowest BCUT2D eigenvalue weighted by Gasteiger charge is -2.40. The van der Waals surface area contributed by atoms with Crippen LogP contribution in [0.4, 0.5) is 5.69 Å². The Morgan fingerprint density at radius 3 is 3.10 bits per heavy atom. The molecule has 0 spiro atoms. The van der Waals surface area contributed by atoms with Crippen LogP contribution < -0.4 is 5.32 Å². The Morgan fingerprint density at radius 2 is 2.29 bits per heavy atom. The van der Waals surface area contributed by atoms with Gasteiger partial charge in [0.05, 0.1) is 31.3 Å². The van der Waals surface area contributed by atoms with Crippen molar-refractivity contribution in [2.24, 2.45) is 5.92 Å². The maximum atomic E-state index is 12.8. The molecule has 2 aliphatic rings. The third kappa shape index (κ3) is 2.89. The summed E-state index contributed by atoms with van der Waals surface area (Å²) in [5.41, 5.74) is 2.33. The fourth-order valence-electron chi connectivity index (χ4n) is 3.09. The molecule has 1 aromatic rings. The van der Waals surface area contributed by atoms with Crippen LogP contribution in [0.2, 0.25) is 0 Å². The summed E-state index contributed by atoms with van der Waals surface area (Å²) in [4.78, 5) is 14.6. The summed E-state index contributed by atoms with van der Waals surface area (Å²) in [6.45, 7) is 3.60. The first-order valence-electron chi connectivity index (χ1n) is 7.53. The molecule has 2 N–H and O–H groups in total. The number of fused-ring (bicyclic) bond motifs is 1. The van der Waals surface area contributed by atoms with Crippen LogP contribution >= 0.6 is 0 Å². The predicted octanol–water partition coefficient (Wildman–Crippen LogP) is 0.879. The van der Waals surface area contributed by atoms with Crippen molar-refractivity contribution in [1.82, 2.24) is 4.90 Å². The maximum absolute atomic E-state index is 12.8. The molecule has 1 fully saturated rings. The second-order valence-electron chi connectivity index (χ2n) is 5.92. The molecule has 5 heteroatoms. The van der Waals surface area contributed by atoms with E-state index in [1.807, 2.05) is 24.0 Å². The third-order valence-electron chi connectivity index (χ3n) is 4.36. The van der Waals surface area contributed by atoms with E-state index in [0.717, 1.165) is 12.1 Å². The lowest BCUT2D eigenvalue weighted by atomic mass is 9.92. The molecule has 3 rings (SSSR count). The zero-order valence-corrected chi connectivity index (χ0v) is 12.3. The lowest BCUT2D eigenvalue weighted by Crippen LogP contribution is -2.54. The number of carbonyl (C=O) groups excluding carboxylic acids is 1. The zero-order valence-electron chi connectivity index (χ0n) is 12.3. The Labute approximate surface area is 124 Å². The number of nitrogens with one attached hydrogen (secondary N) is 1. The van der Waals surface area contributed by atoms with Crippen LogP contribution in [0.15, 0.2) is 24.3 Å². The summed E-state index contributed by atoms with van der Waals surface area (Å²) in [5, 5.41) is 12.6. The molecule has 0 saturated carbocycles. The molecule has 3 atom stereocenters. The number of benzene rings is 1. The molecular weight excluding hydrogens is 268 g/mol. The van der Waals surface area contributed by atoms with Crippen LogP contribution in [-0.4, -0.2) is 54.4 Å². The molecule has 0 aromatic heterocycles. The van der Waals surface area contributed by atoms with Gasteiger partial charge in [0.1, 0.15) is 0 Å². The van der Waals surface area contributed by atoms with Crippen LogP contribution in [0.1, 0.15) is 12.5 Å². The summed E-state index contributed by atoms with van der Waals surface area (Å²) in [5.74, 6) is 0.117. The molecule has 2 heterocycles. The average Bonchev–Trinajstić information content (AvgIpc) is 2.54. The molecule has 1 aromatic carbocycles. The number of carbonyl (C=O) groups is 1. The van der Waals surface area contributed by atoms with E-state index < -0.39 is 0 Å². The topological polar surface area (TPSA) is 61.8 Å². The third-order valence-corrected chi connectivity index (χ3v) is 4.36. The number of amides is 1. The summed E-state index contributed by atoms with van der Waals surface area (Å²) >= 11 is 0. The number of nitrogens with zero attached hydrogens (tertiary/aromatic N) is 1. The van der Waals surface area contributed by atoms with E-state index in [-0.39, 0.29) is 30.6 Å². The van der Waals surface area contributed by atoms with Crippen molar-refractivity contribution in [1.29, 1.82) is 0 Å². The van der Waals surface area contributed by atoms with E-state index in [1.165, 1.54) is 5.56 Å². The minimum atomic E-state index is -0.256. The van der Waals surface area contributed by atoms with Crippen LogP contribution in [0.25, 0.3) is 0 Å². The summed E-state index contributed by atoms with van der Waals surface area (Å²) < 4.78 is 5.50. The van der Waals surface area contributed by atoms with Gasteiger partial charge in [-0.05, 0) is 25.0 Å². The van der Waals surface area contributed by atoms with Crippen molar-refractivity contribution in [2.75, 3.05) is 31.6 Å². The summed E-state index contributed by atoms with van der Waals surface area (Å²) in [6, 6.07) is 8.20. The molecule has 21 heavy (non-hydrogen) atoms. The van der Waals surface area contributed by atoms with Crippen molar-refractivity contribution in [2.45, 2.75) is 25.5 Å². The highest BCUT2D eigenvalue weighted by atomic mass is 16.5. The van der Waals surface area contributed by atoms with E-state index in [0.29, 0.717) is 19.7 Å². The normalized spacial score (nSPS) is 28.7. The van der Waals surface area contributed by atoms with Gasteiger partial charge < -0.3 is 20.1 Å². The SMILES string of the molecule is CC1COC(CO)CN1C(=O)C1CNc2ccccc2C1. The van der Waals surface area contributed by atoms with Crippen LogP contribution in [0.3, 0.4) is 0 Å². The van der Waals surface area contributed by atoms with E-state index in [4.69, 9.17) is 4.74 Å².